The smallest absolute Gasteiger partial charge is 0.222 e. The number of amides is 1. The standard InChI is InChI=1S/C14H24N4O2S.2ClH/c1-20-12(9-15)8-13(19)16-5-4-11-10-21-14(17-11)18-6-2-3-7-18;;/h10,12H,2-9,15H2,1H3,(H,16,19);2*1H. The fraction of sp³-hybridized carbons (Fsp3) is 0.714. The average Bonchev–Trinajstić information content (AvgIpc) is 3.15. The van der Waals surface area contributed by atoms with Crippen molar-refractivity contribution in [3.63, 3.8) is 0 Å². The lowest BCUT2D eigenvalue weighted by Gasteiger charge is -2.12. The molecule has 1 aromatic heterocycles. The molecule has 3 N–H and O–H groups in total. The summed E-state index contributed by atoms with van der Waals surface area (Å²) in [6, 6.07) is 0. The molecule has 1 amide bonds. The van der Waals surface area contributed by atoms with Crippen molar-refractivity contribution in [2.24, 2.45) is 5.73 Å². The van der Waals surface area contributed by atoms with Gasteiger partial charge in [0.25, 0.3) is 0 Å². The minimum atomic E-state index is -0.203. The van der Waals surface area contributed by atoms with Crippen LogP contribution in [-0.2, 0) is 16.0 Å². The number of anilines is 1. The molecule has 0 saturated carbocycles. The Labute approximate surface area is 154 Å². The van der Waals surface area contributed by atoms with Gasteiger partial charge in [-0.3, -0.25) is 4.79 Å². The highest BCUT2D eigenvalue weighted by atomic mass is 35.5. The van der Waals surface area contributed by atoms with Gasteiger partial charge in [-0.2, -0.15) is 0 Å². The molecule has 6 nitrogen and oxygen atoms in total. The predicted octanol–water partition coefficient (Wildman–Crippen LogP) is 1.61. The van der Waals surface area contributed by atoms with E-state index in [0.717, 1.165) is 30.3 Å². The maximum atomic E-state index is 11.7. The molecule has 23 heavy (non-hydrogen) atoms. The zero-order valence-electron chi connectivity index (χ0n) is 13.3. The highest BCUT2D eigenvalue weighted by molar-refractivity contribution is 7.13. The van der Waals surface area contributed by atoms with Crippen molar-refractivity contribution in [3.8, 4) is 0 Å². The van der Waals surface area contributed by atoms with Crippen LogP contribution in [0.1, 0.15) is 25.0 Å². The molecule has 0 bridgehead atoms. The van der Waals surface area contributed by atoms with Gasteiger partial charge in [-0.1, -0.05) is 0 Å². The van der Waals surface area contributed by atoms with Crippen LogP contribution in [0, 0.1) is 0 Å². The van der Waals surface area contributed by atoms with Gasteiger partial charge >= 0.3 is 0 Å². The summed E-state index contributed by atoms with van der Waals surface area (Å²) in [6.07, 6.45) is 3.38. The molecule has 134 valence electrons. The van der Waals surface area contributed by atoms with Crippen LogP contribution in [0.25, 0.3) is 0 Å². The molecule has 1 atom stereocenters. The van der Waals surface area contributed by atoms with Crippen LogP contribution in [0.4, 0.5) is 5.13 Å². The molecule has 1 aliphatic rings. The second-order valence-corrected chi connectivity index (χ2v) is 6.05. The lowest BCUT2D eigenvalue weighted by Crippen LogP contribution is -2.33. The summed E-state index contributed by atoms with van der Waals surface area (Å²) < 4.78 is 5.09. The molecule has 0 aliphatic carbocycles. The van der Waals surface area contributed by atoms with E-state index in [2.05, 4.69) is 20.6 Å². The summed E-state index contributed by atoms with van der Waals surface area (Å²) in [5, 5.41) is 6.07. The third kappa shape index (κ3) is 7.22. The first-order valence-electron chi connectivity index (χ1n) is 7.42. The van der Waals surface area contributed by atoms with E-state index < -0.39 is 0 Å². The van der Waals surface area contributed by atoms with Crippen molar-refractivity contribution in [1.82, 2.24) is 10.3 Å². The highest BCUT2D eigenvalue weighted by Gasteiger charge is 2.15. The van der Waals surface area contributed by atoms with E-state index in [1.54, 1.807) is 18.4 Å². The van der Waals surface area contributed by atoms with Crippen molar-refractivity contribution in [1.29, 1.82) is 0 Å². The highest BCUT2D eigenvalue weighted by Crippen LogP contribution is 2.24. The summed E-state index contributed by atoms with van der Waals surface area (Å²) in [7, 11) is 1.57. The second kappa shape index (κ2) is 11.9. The molecule has 0 spiro atoms. The first kappa shape index (κ1) is 22.4. The number of nitrogens with one attached hydrogen (secondary N) is 1. The molecule has 1 saturated heterocycles. The lowest BCUT2D eigenvalue weighted by atomic mass is 10.2. The Hall–Kier alpha value is -0.600. The summed E-state index contributed by atoms with van der Waals surface area (Å²) >= 11 is 1.69. The summed E-state index contributed by atoms with van der Waals surface area (Å²) in [4.78, 5) is 18.7. The van der Waals surface area contributed by atoms with E-state index in [0.29, 0.717) is 19.5 Å². The van der Waals surface area contributed by atoms with Crippen molar-refractivity contribution in [2.75, 3.05) is 38.2 Å². The van der Waals surface area contributed by atoms with Gasteiger partial charge in [0.1, 0.15) is 0 Å². The van der Waals surface area contributed by atoms with Crippen LogP contribution in [0.3, 0.4) is 0 Å². The Morgan fingerprint density at radius 3 is 2.78 bits per heavy atom. The fourth-order valence-corrected chi connectivity index (χ4v) is 3.25. The number of nitrogens with zero attached hydrogens (tertiary/aromatic N) is 2. The monoisotopic (exact) mass is 384 g/mol. The van der Waals surface area contributed by atoms with Gasteiger partial charge in [-0.15, -0.1) is 36.2 Å². The number of methoxy groups -OCH3 is 1. The largest absolute Gasteiger partial charge is 0.380 e. The number of thiazole rings is 1. The number of rotatable bonds is 8. The van der Waals surface area contributed by atoms with E-state index >= 15 is 0 Å². The van der Waals surface area contributed by atoms with Gasteiger partial charge < -0.3 is 20.7 Å². The third-order valence-electron chi connectivity index (χ3n) is 3.63. The number of hydrogen-bond donors (Lipinski definition) is 2. The number of nitrogens with two attached hydrogens (primary N) is 1. The number of carbonyl (C=O) groups is 1. The van der Waals surface area contributed by atoms with Gasteiger partial charge in [0.15, 0.2) is 5.13 Å². The zero-order valence-corrected chi connectivity index (χ0v) is 15.8. The van der Waals surface area contributed by atoms with E-state index in [1.165, 1.54) is 12.8 Å². The quantitative estimate of drug-likeness (QED) is 0.711. The minimum Gasteiger partial charge on any atom is -0.380 e. The maximum absolute atomic E-state index is 11.7. The Kier molecular flexibility index (Phi) is 11.6. The van der Waals surface area contributed by atoms with Crippen LogP contribution < -0.4 is 16.0 Å². The number of hydrogen-bond acceptors (Lipinski definition) is 6. The maximum Gasteiger partial charge on any atom is 0.222 e. The van der Waals surface area contributed by atoms with Gasteiger partial charge in [0, 0.05) is 45.1 Å². The first-order chi connectivity index (χ1) is 10.2. The molecular weight excluding hydrogens is 359 g/mol. The molecule has 1 aromatic rings. The van der Waals surface area contributed by atoms with Crippen molar-refractivity contribution >= 4 is 47.2 Å². The average molecular weight is 385 g/mol. The van der Waals surface area contributed by atoms with Crippen molar-refractivity contribution in [3.05, 3.63) is 11.1 Å². The van der Waals surface area contributed by atoms with Crippen molar-refractivity contribution < 1.29 is 9.53 Å². The summed E-state index contributed by atoms with van der Waals surface area (Å²) in [6.45, 7) is 3.18. The molecule has 1 aliphatic heterocycles. The Morgan fingerprint density at radius 1 is 1.48 bits per heavy atom. The van der Waals surface area contributed by atoms with Gasteiger partial charge in [0.2, 0.25) is 5.91 Å². The van der Waals surface area contributed by atoms with E-state index in [9.17, 15) is 4.79 Å². The Bertz CT molecular complexity index is 452. The van der Waals surface area contributed by atoms with Crippen LogP contribution in [0.15, 0.2) is 5.38 Å². The molecule has 9 heteroatoms. The third-order valence-corrected chi connectivity index (χ3v) is 4.58. The molecule has 1 fully saturated rings. The Morgan fingerprint density at radius 2 is 2.17 bits per heavy atom. The molecular formula is C14H26Cl2N4O2S. The topological polar surface area (TPSA) is 80.5 Å². The number of halogens is 2. The van der Waals surface area contributed by atoms with Crippen LogP contribution in [-0.4, -0.2) is 50.3 Å². The van der Waals surface area contributed by atoms with E-state index in [-0.39, 0.29) is 36.8 Å². The molecule has 2 rings (SSSR count). The Balaban J connectivity index is 0.00000242. The first-order valence-corrected chi connectivity index (χ1v) is 8.29. The fourth-order valence-electron chi connectivity index (χ4n) is 2.34. The van der Waals surface area contributed by atoms with Crippen molar-refractivity contribution in [2.45, 2.75) is 31.8 Å². The molecule has 0 radical (unpaired) electrons. The molecule has 2 heterocycles. The van der Waals surface area contributed by atoms with Crippen LogP contribution >= 0.6 is 36.2 Å². The number of aromatic nitrogens is 1. The van der Waals surface area contributed by atoms with Gasteiger partial charge in [-0.25, -0.2) is 4.98 Å². The van der Waals surface area contributed by atoms with Crippen LogP contribution in [0.5, 0.6) is 0 Å². The van der Waals surface area contributed by atoms with E-state index in [4.69, 9.17) is 10.5 Å². The van der Waals surface area contributed by atoms with E-state index in [1.807, 2.05) is 0 Å². The van der Waals surface area contributed by atoms with Gasteiger partial charge in [-0.05, 0) is 12.8 Å². The summed E-state index contributed by atoms with van der Waals surface area (Å²) in [5.74, 6) is -0.0257. The molecule has 0 aromatic carbocycles. The number of carbonyl (C=O) groups excluding carboxylic acids is 1. The van der Waals surface area contributed by atoms with Gasteiger partial charge in [0.05, 0.1) is 18.2 Å². The number of ether oxygens (including phenoxy) is 1. The normalized spacial score (nSPS) is 14.8. The lowest BCUT2D eigenvalue weighted by molar-refractivity contribution is -0.123. The zero-order chi connectivity index (χ0) is 15.1. The SMILES string of the molecule is COC(CN)CC(=O)NCCc1csc(N2CCCC2)n1.Cl.Cl. The molecule has 1 unspecified atom stereocenters. The van der Waals surface area contributed by atoms with Crippen LogP contribution in [0.2, 0.25) is 0 Å². The summed E-state index contributed by atoms with van der Waals surface area (Å²) in [5.41, 5.74) is 6.54. The second-order valence-electron chi connectivity index (χ2n) is 5.21. The predicted molar refractivity (Wildman–Crippen MR) is 99.2 cm³/mol. The minimum absolute atomic E-state index is 0.